The van der Waals surface area contributed by atoms with Gasteiger partial charge in [-0.25, -0.2) is 9.97 Å². The van der Waals surface area contributed by atoms with Crippen LogP contribution in [-0.2, 0) is 0 Å². The third-order valence-corrected chi connectivity index (χ3v) is 2.99. The summed E-state index contributed by atoms with van der Waals surface area (Å²) >= 11 is 3.21. The average Bonchev–Trinajstić information content (AvgIpc) is 2.76. The zero-order valence-electron chi connectivity index (χ0n) is 7.10. The maximum Gasteiger partial charge on any atom is 0.0939 e. The van der Waals surface area contributed by atoms with Gasteiger partial charge in [-0.2, -0.15) is 0 Å². The van der Waals surface area contributed by atoms with Crippen LogP contribution in [-0.4, -0.2) is 17.0 Å². The normalized spacial score (nSPS) is 10.9. The Morgan fingerprint density at radius 1 is 1.15 bits per heavy atom. The molecule has 5 heteroatoms. The molecule has 0 spiro atoms. The molecule has 2 aromatic heterocycles. The van der Waals surface area contributed by atoms with Crippen molar-refractivity contribution in [2.75, 3.05) is 7.05 Å². The van der Waals surface area contributed by atoms with Crippen molar-refractivity contribution in [2.45, 2.75) is 6.04 Å². The maximum absolute atomic E-state index is 4.26. The quantitative estimate of drug-likeness (QED) is 0.842. The van der Waals surface area contributed by atoms with E-state index in [4.69, 9.17) is 0 Å². The highest BCUT2D eigenvalue weighted by Crippen LogP contribution is 2.20. The van der Waals surface area contributed by atoms with Crippen LogP contribution in [0.4, 0.5) is 0 Å². The van der Waals surface area contributed by atoms with Gasteiger partial charge in [0.2, 0.25) is 0 Å². The highest BCUT2D eigenvalue weighted by Gasteiger charge is 2.14. The summed E-state index contributed by atoms with van der Waals surface area (Å²) in [5.74, 6) is 0. The molecule has 13 heavy (non-hydrogen) atoms. The fourth-order valence-electron chi connectivity index (χ4n) is 1.18. The fraction of sp³-hybridized carbons (Fsp3) is 0.250. The molecule has 0 aliphatic carbocycles. The van der Waals surface area contributed by atoms with Gasteiger partial charge in [0.15, 0.2) is 0 Å². The van der Waals surface area contributed by atoms with Gasteiger partial charge >= 0.3 is 0 Å². The summed E-state index contributed by atoms with van der Waals surface area (Å²) in [6.07, 6.45) is 0. The Hall–Kier alpha value is -0.780. The second-order valence-corrected chi connectivity index (χ2v) is 3.99. The summed E-state index contributed by atoms with van der Waals surface area (Å²) in [5.41, 5.74) is 5.76. The van der Waals surface area contributed by atoms with E-state index in [1.54, 1.807) is 22.7 Å². The Morgan fingerprint density at radius 3 is 2.00 bits per heavy atom. The highest BCUT2D eigenvalue weighted by atomic mass is 32.1. The number of nitrogens with zero attached hydrogens (tertiary/aromatic N) is 2. The predicted molar refractivity (Wildman–Crippen MR) is 55.1 cm³/mol. The molecule has 0 saturated carbocycles. The smallest absolute Gasteiger partial charge is 0.0939 e. The molecule has 0 unspecified atom stereocenters. The summed E-state index contributed by atoms with van der Waals surface area (Å²) in [6.45, 7) is 0. The lowest BCUT2D eigenvalue weighted by atomic mass is 10.2. The van der Waals surface area contributed by atoms with Crippen LogP contribution in [0.25, 0.3) is 0 Å². The third kappa shape index (κ3) is 1.77. The van der Waals surface area contributed by atoms with E-state index >= 15 is 0 Å². The predicted octanol–water partition coefficient (Wildman–Crippen LogP) is 1.91. The standard InChI is InChI=1S/C8H9N3S2/c1-9-8(6-2-12-4-10-6)7-3-13-5-11-7/h2-5,8-9H,1H3. The van der Waals surface area contributed by atoms with E-state index in [9.17, 15) is 0 Å². The van der Waals surface area contributed by atoms with E-state index in [1.165, 1.54) is 0 Å². The molecule has 2 aromatic rings. The molecule has 0 bridgehead atoms. The monoisotopic (exact) mass is 211 g/mol. The Balaban J connectivity index is 2.29. The largest absolute Gasteiger partial charge is 0.307 e. The first-order valence-corrected chi connectivity index (χ1v) is 5.74. The van der Waals surface area contributed by atoms with Crippen molar-refractivity contribution >= 4 is 22.7 Å². The van der Waals surface area contributed by atoms with Gasteiger partial charge in [0, 0.05) is 10.8 Å². The first-order chi connectivity index (χ1) is 6.42. The van der Waals surface area contributed by atoms with Gasteiger partial charge in [-0.15, -0.1) is 22.7 Å². The number of thiazole rings is 2. The Kier molecular flexibility index (Phi) is 2.68. The zero-order valence-corrected chi connectivity index (χ0v) is 8.73. The molecule has 1 N–H and O–H groups in total. The van der Waals surface area contributed by atoms with Gasteiger partial charge in [0.25, 0.3) is 0 Å². The number of hydrogen-bond acceptors (Lipinski definition) is 5. The van der Waals surface area contributed by atoms with E-state index in [0.717, 1.165) is 11.4 Å². The first-order valence-electron chi connectivity index (χ1n) is 3.85. The van der Waals surface area contributed by atoms with Gasteiger partial charge in [0.1, 0.15) is 0 Å². The maximum atomic E-state index is 4.26. The van der Waals surface area contributed by atoms with Crippen LogP contribution in [0.2, 0.25) is 0 Å². The van der Waals surface area contributed by atoms with Crippen LogP contribution in [0.1, 0.15) is 17.4 Å². The van der Waals surface area contributed by atoms with Crippen LogP contribution < -0.4 is 5.32 Å². The summed E-state index contributed by atoms with van der Waals surface area (Å²) < 4.78 is 0. The van der Waals surface area contributed by atoms with Crippen LogP contribution >= 0.6 is 22.7 Å². The van der Waals surface area contributed by atoms with Crippen molar-refractivity contribution in [1.29, 1.82) is 0 Å². The van der Waals surface area contributed by atoms with Crippen LogP contribution in [0.3, 0.4) is 0 Å². The molecule has 0 atom stereocenters. The van der Waals surface area contributed by atoms with Crippen molar-refractivity contribution in [3.05, 3.63) is 33.2 Å². The number of rotatable bonds is 3. The molecule has 0 aliphatic heterocycles. The van der Waals surface area contributed by atoms with Crippen molar-refractivity contribution in [3.8, 4) is 0 Å². The summed E-state index contributed by atoms with van der Waals surface area (Å²) in [4.78, 5) is 8.53. The zero-order chi connectivity index (χ0) is 9.10. The van der Waals surface area contributed by atoms with Crippen molar-refractivity contribution in [2.24, 2.45) is 0 Å². The van der Waals surface area contributed by atoms with Gasteiger partial charge < -0.3 is 5.32 Å². The third-order valence-electron chi connectivity index (χ3n) is 1.78. The van der Waals surface area contributed by atoms with Gasteiger partial charge in [-0.05, 0) is 7.05 Å². The van der Waals surface area contributed by atoms with Crippen molar-refractivity contribution in [3.63, 3.8) is 0 Å². The van der Waals surface area contributed by atoms with E-state index in [1.807, 2.05) is 28.8 Å². The Bertz CT molecular complexity index is 307. The molecule has 0 radical (unpaired) electrons. The molecule has 68 valence electrons. The van der Waals surface area contributed by atoms with Crippen LogP contribution in [0, 0.1) is 0 Å². The second kappa shape index (κ2) is 3.95. The fourth-order valence-corrected chi connectivity index (χ4v) is 2.34. The van der Waals surface area contributed by atoms with E-state index in [0.29, 0.717) is 0 Å². The molecule has 0 amide bonds. The molecule has 2 rings (SSSR count). The van der Waals surface area contributed by atoms with Gasteiger partial charge in [-0.1, -0.05) is 0 Å². The molecule has 3 nitrogen and oxygen atoms in total. The van der Waals surface area contributed by atoms with Crippen LogP contribution in [0.15, 0.2) is 21.8 Å². The summed E-state index contributed by atoms with van der Waals surface area (Å²) in [5, 5.41) is 7.28. The Labute approximate surface area is 84.5 Å². The molecular weight excluding hydrogens is 202 g/mol. The van der Waals surface area contributed by atoms with E-state index in [-0.39, 0.29) is 6.04 Å². The lowest BCUT2D eigenvalue weighted by molar-refractivity contribution is 0.660. The van der Waals surface area contributed by atoms with E-state index < -0.39 is 0 Å². The molecule has 0 fully saturated rings. The minimum Gasteiger partial charge on any atom is -0.307 e. The number of nitrogens with one attached hydrogen (secondary N) is 1. The Morgan fingerprint density at radius 2 is 1.69 bits per heavy atom. The topological polar surface area (TPSA) is 37.8 Å². The number of hydrogen-bond donors (Lipinski definition) is 1. The first kappa shape index (κ1) is 8.80. The molecular formula is C8H9N3S2. The minimum absolute atomic E-state index is 0.137. The van der Waals surface area contributed by atoms with E-state index in [2.05, 4.69) is 15.3 Å². The molecule has 0 saturated heterocycles. The van der Waals surface area contributed by atoms with Crippen molar-refractivity contribution < 1.29 is 0 Å². The average molecular weight is 211 g/mol. The van der Waals surface area contributed by atoms with Crippen LogP contribution in [0.5, 0.6) is 0 Å². The van der Waals surface area contributed by atoms with Gasteiger partial charge in [-0.3, -0.25) is 0 Å². The van der Waals surface area contributed by atoms with Gasteiger partial charge in [0.05, 0.1) is 28.5 Å². The number of aromatic nitrogens is 2. The lowest BCUT2D eigenvalue weighted by Crippen LogP contribution is -2.18. The lowest BCUT2D eigenvalue weighted by Gasteiger charge is -2.09. The SMILES string of the molecule is CNC(c1cscn1)c1cscn1. The molecule has 0 aromatic carbocycles. The molecule has 0 aliphatic rings. The van der Waals surface area contributed by atoms with Crippen molar-refractivity contribution in [1.82, 2.24) is 15.3 Å². The summed E-state index contributed by atoms with van der Waals surface area (Å²) in [7, 11) is 1.92. The summed E-state index contributed by atoms with van der Waals surface area (Å²) in [6, 6.07) is 0.137. The minimum atomic E-state index is 0.137. The molecule has 2 heterocycles. The highest BCUT2D eigenvalue weighted by molar-refractivity contribution is 7.07. The second-order valence-electron chi connectivity index (χ2n) is 2.55.